The molecule has 118 valence electrons. The van der Waals surface area contributed by atoms with E-state index in [0.29, 0.717) is 11.4 Å². The van der Waals surface area contributed by atoms with E-state index < -0.39 is 0 Å². The molecular weight excluding hydrogens is 314 g/mol. The van der Waals surface area contributed by atoms with Gasteiger partial charge in [-0.15, -0.1) is 16.7 Å². The van der Waals surface area contributed by atoms with E-state index in [9.17, 15) is 0 Å². The third-order valence-electron chi connectivity index (χ3n) is 3.52. The molecule has 23 heavy (non-hydrogen) atoms. The number of rotatable bonds is 5. The van der Waals surface area contributed by atoms with Crippen LogP contribution < -0.4 is 9.47 Å². The first kappa shape index (κ1) is 15.4. The average Bonchev–Trinajstić information content (AvgIpc) is 3.05. The molecule has 0 saturated heterocycles. The van der Waals surface area contributed by atoms with Crippen LogP contribution in [0.25, 0.3) is 16.9 Å². The predicted octanol–water partition coefficient (Wildman–Crippen LogP) is 3.69. The summed E-state index contributed by atoms with van der Waals surface area (Å²) >= 11 is 6.05. The molecule has 3 rings (SSSR count). The first-order valence-corrected chi connectivity index (χ1v) is 7.60. The van der Waals surface area contributed by atoms with Gasteiger partial charge in [-0.1, -0.05) is 29.5 Å². The molecule has 1 heterocycles. The van der Waals surface area contributed by atoms with Crippen molar-refractivity contribution >= 4 is 11.6 Å². The maximum Gasteiger partial charge on any atom is 0.144 e. The van der Waals surface area contributed by atoms with Gasteiger partial charge in [0.15, 0.2) is 0 Å². The van der Waals surface area contributed by atoms with E-state index in [1.165, 1.54) is 0 Å². The molecule has 0 radical (unpaired) electrons. The summed E-state index contributed by atoms with van der Waals surface area (Å²) in [5.41, 5.74) is 3.25. The lowest BCUT2D eigenvalue weighted by atomic mass is 10.1. The van der Waals surface area contributed by atoms with Crippen molar-refractivity contribution in [2.24, 2.45) is 0 Å². The van der Waals surface area contributed by atoms with Gasteiger partial charge in [-0.3, -0.25) is 0 Å². The summed E-state index contributed by atoms with van der Waals surface area (Å²) < 4.78 is 12.5. The Morgan fingerprint density at radius 3 is 2.61 bits per heavy atom. The molecule has 0 fully saturated rings. The van der Waals surface area contributed by atoms with E-state index in [1.807, 2.05) is 48.5 Å². The molecule has 0 saturated carbocycles. The van der Waals surface area contributed by atoms with Crippen molar-refractivity contribution in [1.82, 2.24) is 15.0 Å². The highest BCUT2D eigenvalue weighted by Crippen LogP contribution is 2.31. The van der Waals surface area contributed by atoms with Gasteiger partial charge in [-0.2, -0.15) is 0 Å². The van der Waals surface area contributed by atoms with Gasteiger partial charge < -0.3 is 9.47 Å². The predicted molar refractivity (Wildman–Crippen MR) is 89.5 cm³/mol. The lowest BCUT2D eigenvalue weighted by Crippen LogP contribution is -2.02. The fourth-order valence-corrected chi connectivity index (χ4v) is 2.62. The summed E-state index contributed by atoms with van der Waals surface area (Å²) in [7, 11) is 3.26. The number of nitrogens with zero attached hydrogens (tertiary/aromatic N) is 3. The molecule has 0 N–H and O–H groups in total. The Kier molecular flexibility index (Phi) is 4.48. The molecule has 0 spiro atoms. The van der Waals surface area contributed by atoms with Gasteiger partial charge in [-0.25, -0.2) is 4.68 Å². The number of hydrogen-bond donors (Lipinski definition) is 0. The second kappa shape index (κ2) is 6.71. The van der Waals surface area contributed by atoms with Crippen LogP contribution >= 0.6 is 11.6 Å². The number of hydrogen-bond acceptors (Lipinski definition) is 4. The number of halogens is 1. The largest absolute Gasteiger partial charge is 0.497 e. The van der Waals surface area contributed by atoms with E-state index in [0.717, 1.165) is 22.7 Å². The average molecular weight is 330 g/mol. The Morgan fingerprint density at radius 2 is 1.87 bits per heavy atom. The number of aromatic nitrogens is 3. The van der Waals surface area contributed by atoms with Gasteiger partial charge in [0.25, 0.3) is 0 Å². The molecule has 0 aliphatic carbocycles. The topological polar surface area (TPSA) is 49.2 Å². The maximum absolute atomic E-state index is 6.05. The molecule has 0 amide bonds. The van der Waals surface area contributed by atoms with Crippen LogP contribution in [0.3, 0.4) is 0 Å². The van der Waals surface area contributed by atoms with Crippen molar-refractivity contribution in [1.29, 1.82) is 0 Å². The summed E-state index contributed by atoms with van der Waals surface area (Å²) in [4.78, 5) is 0. The van der Waals surface area contributed by atoms with E-state index in [-0.39, 0.29) is 5.88 Å². The standard InChI is InChI=1S/C17H16ClN3O2/c1-22-13-7-5-6-12(10-13)17-14(11-18)19-20-21(17)15-8-3-4-9-16(15)23-2/h3-10H,11H2,1-2H3. The Bertz CT molecular complexity index is 817. The molecule has 0 atom stereocenters. The van der Waals surface area contributed by atoms with Crippen LogP contribution in [0.5, 0.6) is 11.5 Å². The maximum atomic E-state index is 6.05. The molecule has 2 aromatic carbocycles. The molecule has 0 aliphatic heterocycles. The molecule has 0 unspecified atom stereocenters. The van der Waals surface area contributed by atoms with E-state index >= 15 is 0 Å². The Morgan fingerprint density at radius 1 is 1.04 bits per heavy atom. The summed E-state index contributed by atoms with van der Waals surface area (Å²) in [5.74, 6) is 1.74. The van der Waals surface area contributed by atoms with Crippen LogP contribution in [0, 0.1) is 0 Å². The smallest absolute Gasteiger partial charge is 0.144 e. The zero-order chi connectivity index (χ0) is 16.2. The summed E-state index contributed by atoms with van der Waals surface area (Å²) in [6.45, 7) is 0. The van der Waals surface area contributed by atoms with Gasteiger partial charge >= 0.3 is 0 Å². The summed E-state index contributed by atoms with van der Waals surface area (Å²) in [6.07, 6.45) is 0. The molecule has 0 aliphatic rings. The molecular formula is C17H16ClN3O2. The quantitative estimate of drug-likeness (QED) is 0.670. The second-order valence-electron chi connectivity index (χ2n) is 4.83. The SMILES string of the molecule is COc1cccc(-c2c(CCl)nnn2-c2ccccc2OC)c1. The zero-order valence-electron chi connectivity index (χ0n) is 12.9. The van der Waals surface area contributed by atoms with E-state index in [1.54, 1.807) is 18.9 Å². The van der Waals surface area contributed by atoms with Crippen LogP contribution in [0.15, 0.2) is 48.5 Å². The van der Waals surface area contributed by atoms with Gasteiger partial charge in [0.2, 0.25) is 0 Å². The van der Waals surface area contributed by atoms with Crippen LogP contribution in [-0.2, 0) is 5.88 Å². The van der Waals surface area contributed by atoms with Crippen molar-refractivity contribution in [3.63, 3.8) is 0 Å². The normalized spacial score (nSPS) is 10.6. The monoisotopic (exact) mass is 329 g/mol. The number of para-hydroxylation sites is 2. The van der Waals surface area contributed by atoms with Crippen LogP contribution in [0.4, 0.5) is 0 Å². The zero-order valence-corrected chi connectivity index (χ0v) is 13.6. The summed E-state index contributed by atoms with van der Waals surface area (Å²) in [5, 5.41) is 8.46. The lowest BCUT2D eigenvalue weighted by molar-refractivity contribution is 0.411. The molecule has 3 aromatic rings. The molecule has 1 aromatic heterocycles. The summed E-state index contributed by atoms with van der Waals surface area (Å²) in [6, 6.07) is 15.4. The van der Waals surface area contributed by atoms with Crippen molar-refractivity contribution in [3.8, 4) is 28.4 Å². The molecule has 6 heteroatoms. The van der Waals surface area contributed by atoms with Crippen LogP contribution in [-0.4, -0.2) is 29.2 Å². The van der Waals surface area contributed by atoms with Crippen molar-refractivity contribution in [3.05, 3.63) is 54.2 Å². The fraction of sp³-hybridized carbons (Fsp3) is 0.176. The van der Waals surface area contributed by atoms with Crippen molar-refractivity contribution < 1.29 is 9.47 Å². The molecule has 0 bridgehead atoms. The highest BCUT2D eigenvalue weighted by atomic mass is 35.5. The first-order chi connectivity index (χ1) is 11.3. The third-order valence-corrected chi connectivity index (χ3v) is 3.78. The van der Waals surface area contributed by atoms with E-state index in [4.69, 9.17) is 21.1 Å². The Hall–Kier alpha value is -2.53. The highest BCUT2D eigenvalue weighted by Gasteiger charge is 2.18. The van der Waals surface area contributed by atoms with Gasteiger partial charge in [0.1, 0.15) is 22.9 Å². The minimum absolute atomic E-state index is 0.266. The Balaban J connectivity index is 2.22. The van der Waals surface area contributed by atoms with E-state index in [2.05, 4.69) is 10.3 Å². The van der Waals surface area contributed by atoms with Gasteiger partial charge in [-0.05, 0) is 24.3 Å². The minimum Gasteiger partial charge on any atom is -0.497 e. The highest BCUT2D eigenvalue weighted by molar-refractivity contribution is 6.17. The first-order valence-electron chi connectivity index (χ1n) is 7.07. The number of ether oxygens (including phenoxy) is 2. The number of benzene rings is 2. The Labute approximate surface area is 139 Å². The van der Waals surface area contributed by atoms with Crippen molar-refractivity contribution in [2.45, 2.75) is 5.88 Å². The number of methoxy groups -OCH3 is 2. The third kappa shape index (κ3) is 2.87. The van der Waals surface area contributed by atoms with Gasteiger partial charge in [0, 0.05) is 5.56 Å². The van der Waals surface area contributed by atoms with Crippen molar-refractivity contribution in [2.75, 3.05) is 14.2 Å². The fourth-order valence-electron chi connectivity index (χ4n) is 2.44. The minimum atomic E-state index is 0.266. The number of alkyl halides is 1. The molecule has 5 nitrogen and oxygen atoms in total. The van der Waals surface area contributed by atoms with Crippen LogP contribution in [0.2, 0.25) is 0 Å². The van der Waals surface area contributed by atoms with Gasteiger partial charge in [0.05, 0.1) is 25.8 Å². The second-order valence-corrected chi connectivity index (χ2v) is 5.10. The van der Waals surface area contributed by atoms with Crippen LogP contribution in [0.1, 0.15) is 5.69 Å². The lowest BCUT2D eigenvalue weighted by Gasteiger charge is -2.12.